The lowest BCUT2D eigenvalue weighted by Crippen LogP contribution is -2.54. The first-order valence-electron chi connectivity index (χ1n) is 41.2. The van der Waals surface area contributed by atoms with Crippen LogP contribution in [-0.2, 0) is 30.5 Å². The van der Waals surface area contributed by atoms with Crippen molar-refractivity contribution >= 4 is 116 Å². The van der Waals surface area contributed by atoms with Crippen LogP contribution in [0, 0.1) is 0 Å². The number of nitrogens with one attached hydrogen (secondary N) is 6. The number of carbonyl (C=O) groups excluding carboxylic acids is 6. The third-order valence-corrected chi connectivity index (χ3v) is 23.6. The van der Waals surface area contributed by atoms with E-state index in [2.05, 4.69) is 114 Å². The monoisotopic (exact) mass is 1670 g/mol. The van der Waals surface area contributed by atoms with Crippen LogP contribution >= 0.6 is 58.0 Å². The lowest BCUT2D eigenvalue weighted by Gasteiger charge is -2.32. The van der Waals surface area contributed by atoms with Gasteiger partial charge in [-0.05, 0) is 220 Å². The zero-order chi connectivity index (χ0) is 81.6. The molecule has 116 heavy (non-hydrogen) atoms. The third-order valence-electron chi connectivity index (χ3n) is 22.4. The molecule has 23 heteroatoms. The number of fused-ring (bicyclic) bond motifs is 1. The van der Waals surface area contributed by atoms with E-state index in [0.29, 0.717) is 109 Å². The van der Waals surface area contributed by atoms with Crippen LogP contribution in [0.1, 0.15) is 140 Å². The third kappa shape index (κ3) is 27.8. The molecular formula is C93H111Cl5N12O6. The fourth-order valence-electron chi connectivity index (χ4n) is 16.0. The molecule has 6 amide bonds. The SMILES string of the molecule is CCC(CN1CC[C@@H](CNC(=O)/C=C/c2ccc(Cl)cc2)N[C@@H](CCN)C1=O)c1ccccc1.O=C(/C=C/c1ccc(Cl)cc1)NC[C@@H]1CCN(Cc2cc(Cl)cc(Cl)c2)C(=O)[C@H](CN2CCCCC2)N1.O=C(NC[C@@H]1CCN(CC(c2ccccc2)c2ccccc2)C(=O)[C@H](CCN2CCCCC2)N1)c1ccc2cc(Cl)ccc2c1. The Labute approximate surface area is 709 Å². The summed E-state index contributed by atoms with van der Waals surface area (Å²) in [6.07, 6.45) is 18.4. The predicted molar refractivity (Wildman–Crippen MR) is 472 cm³/mol. The van der Waals surface area contributed by atoms with Gasteiger partial charge in [0.2, 0.25) is 29.5 Å². The number of carbonyl (C=O) groups is 6. The second kappa shape index (κ2) is 46.0. The van der Waals surface area contributed by atoms with E-state index in [1.165, 1.54) is 54.5 Å². The second-order valence-electron chi connectivity index (χ2n) is 30.9. The van der Waals surface area contributed by atoms with Crippen molar-refractivity contribution in [2.24, 2.45) is 5.73 Å². The van der Waals surface area contributed by atoms with Crippen LogP contribution < -0.4 is 37.6 Å². The van der Waals surface area contributed by atoms with Crippen LogP contribution in [0.2, 0.25) is 25.1 Å². The molecule has 5 aliphatic rings. The zero-order valence-electron chi connectivity index (χ0n) is 66.4. The molecule has 8 aromatic carbocycles. The van der Waals surface area contributed by atoms with Crippen molar-refractivity contribution in [3.8, 4) is 0 Å². The number of benzene rings is 8. The molecule has 0 aliphatic carbocycles. The maximum Gasteiger partial charge on any atom is 0.251 e. The summed E-state index contributed by atoms with van der Waals surface area (Å²) in [6.45, 7) is 13.3. The topological polar surface area (TPSA) is 217 Å². The minimum absolute atomic E-state index is 0.00446. The highest BCUT2D eigenvalue weighted by atomic mass is 35.5. The molecule has 0 saturated carbocycles. The Hall–Kier alpha value is -8.47. The van der Waals surface area contributed by atoms with Gasteiger partial charge in [-0.1, -0.05) is 205 Å². The van der Waals surface area contributed by atoms with Gasteiger partial charge in [0.15, 0.2) is 0 Å². The van der Waals surface area contributed by atoms with E-state index >= 15 is 0 Å². The Balaban J connectivity index is 0.000000173. The molecular weight excluding hydrogens is 1560 g/mol. The molecule has 8 aromatic rings. The lowest BCUT2D eigenvalue weighted by molar-refractivity contribution is -0.134. The summed E-state index contributed by atoms with van der Waals surface area (Å²) in [5.41, 5.74) is 12.8. The summed E-state index contributed by atoms with van der Waals surface area (Å²) in [6, 6.07) is 61.7. The number of nitrogens with two attached hydrogens (primary N) is 1. The van der Waals surface area contributed by atoms with Gasteiger partial charge in [-0.2, -0.15) is 0 Å². The van der Waals surface area contributed by atoms with Crippen LogP contribution in [0.4, 0.5) is 0 Å². The number of halogens is 5. The number of amides is 6. The van der Waals surface area contributed by atoms with Gasteiger partial charge < -0.3 is 62.1 Å². The lowest BCUT2D eigenvalue weighted by atomic mass is 9.90. The van der Waals surface area contributed by atoms with Gasteiger partial charge in [-0.25, -0.2) is 0 Å². The number of piperidine rings is 2. The Kier molecular flexibility index (Phi) is 35.1. The second-order valence-corrected chi connectivity index (χ2v) is 33.1. The minimum atomic E-state index is -0.346. The van der Waals surface area contributed by atoms with E-state index in [0.717, 1.165) is 105 Å². The number of nitrogens with zero attached hydrogens (tertiary/aromatic N) is 5. The Bertz CT molecular complexity index is 4460. The maximum atomic E-state index is 14.2. The van der Waals surface area contributed by atoms with Gasteiger partial charge in [0.25, 0.3) is 5.91 Å². The molecule has 5 aliphatic heterocycles. The van der Waals surface area contributed by atoms with Gasteiger partial charge in [0.1, 0.15) is 0 Å². The smallest absolute Gasteiger partial charge is 0.251 e. The Morgan fingerprint density at radius 1 is 0.457 bits per heavy atom. The zero-order valence-corrected chi connectivity index (χ0v) is 70.1. The fraction of sp³-hybridized carbons (Fsp3) is 0.398. The minimum Gasteiger partial charge on any atom is -0.351 e. The van der Waals surface area contributed by atoms with E-state index < -0.39 is 0 Å². The van der Waals surface area contributed by atoms with E-state index in [1.807, 2.05) is 113 Å². The largest absolute Gasteiger partial charge is 0.351 e. The first kappa shape index (κ1) is 88.3. The summed E-state index contributed by atoms with van der Waals surface area (Å²) in [7, 11) is 0. The Morgan fingerprint density at radius 2 is 0.905 bits per heavy atom. The molecule has 7 atom stereocenters. The van der Waals surface area contributed by atoms with E-state index in [4.69, 9.17) is 63.7 Å². The molecule has 18 nitrogen and oxygen atoms in total. The number of likely N-dealkylation sites (tertiary alicyclic amines) is 2. The van der Waals surface area contributed by atoms with Crippen LogP contribution in [0.25, 0.3) is 22.9 Å². The standard InChI is InChI=1S/C38H43ClN4O2.C28H33Cl3N4O2.C27H35ClN4O2/c39-33-17-16-30-24-32(15-14-31(30)25-33)37(44)40-26-34-18-23-43(38(45)36(41-34)19-22-42-20-8-3-9-21-42)27-35(28-10-4-1-5-11-28)29-12-6-2-7-13-29;29-22-7-4-20(5-8-22)6-9-27(36)32-17-25-10-13-35(18-21-14-23(30)16-24(31)15-21)28(37)26(33-25)19-34-11-2-1-3-12-34;1-2-21(22-6-4-3-5-7-22)19-32-17-15-24(31-25(14-16-29)27(32)34)18-30-26(33)13-10-20-8-11-23(28)12-9-20/h1-2,4-7,10-17,24-25,34-36,41H,3,8-9,18-23,26-27H2,(H,40,44);4-9,14-16,25-26,33H,1-3,10-13,17-19H2,(H,32,36);3-13,21,24-25,31H,2,14-19,29H2,1H3,(H,30,33)/b;9-6+;13-10+/t34-,36-;25-,26-;21?,24-,25-/m000/s1. The van der Waals surface area contributed by atoms with Crippen molar-refractivity contribution in [3.05, 3.63) is 270 Å². The number of hydrogen-bond acceptors (Lipinski definition) is 12. The highest BCUT2D eigenvalue weighted by Crippen LogP contribution is 2.30. The fourth-order valence-corrected chi connectivity index (χ4v) is 17.0. The maximum absolute atomic E-state index is 14.2. The molecule has 614 valence electrons. The molecule has 13 rings (SSSR count). The quantitative estimate of drug-likeness (QED) is 0.0228. The highest BCUT2D eigenvalue weighted by Gasteiger charge is 2.36. The van der Waals surface area contributed by atoms with Gasteiger partial charge >= 0.3 is 0 Å². The van der Waals surface area contributed by atoms with E-state index in [9.17, 15) is 28.8 Å². The van der Waals surface area contributed by atoms with Crippen LogP contribution in [-0.4, -0.2) is 194 Å². The van der Waals surface area contributed by atoms with Gasteiger partial charge in [0.05, 0.1) is 18.1 Å². The number of hydrogen-bond donors (Lipinski definition) is 7. The molecule has 0 aromatic heterocycles. The normalized spacial score (nSPS) is 20.1. The molecule has 5 fully saturated rings. The average Bonchev–Trinajstić information content (AvgIpc) is 1.55. The molecule has 0 spiro atoms. The molecule has 8 N–H and O–H groups in total. The highest BCUT2D eigenvalue weighted by molar-refractivity contribution is 6.34. The Morgan fingerprint density at radius 3 is 1.43 bits per heavy atom. The first-order chi connectivity index (χ1) is 56.4. The summed E-state index contributed by atoms with van der Waals surface area (Å²) < 4.78 is 0. The van der Waals surface area contributed by atoms with Gasteiger partial charge in [-0.3, -0.25) is 28.8 Å². The molecule has 0 radical (unpaired) electrons. The van der Waals surface area contributed by atoms with Crippen LogP contribution in [0.5, 0.6) is 0 Å². The molecule has 5 saturated heterocycles. The van der Waals surface area contributed by atoms with Crippen molar-refractivity contribution in [1.82, 2.24) is 56.4 Å². The summed E-state index contributed by atoms with van der Waals surface area (Å²) in [5, 5.41) is 24.8. The average molecular weight is 1670 g/mol. The van der Waals surface area contributed by atoms with Crippen molar-refractivity contribution in [3.63, 3.8) is 0 Å². The van der Waals surface area contributed by atoms with Crippen molar-refractivity contribution in [1.29, 1.82) is 0 Å². The first-order valence-corrected chi connectivity index (χ1v) is 43.1. The van der Waals surface area contributed by atoms with E-state index in [1.54, 1.807) is 42.5 Å². The molecule has 5 heterocycles. The summed E-state index contributed by atoms with van der Waals surface area (Å²) >= 11 is 30.4. The predicted octanol–water partition coefficient (Wildman–Crippen LogP) is 15.1. The van der Waals surface area contributed by atoms with Gasteiger partial charge in [0, 0.05) is 145 Å². The van der Waals surface area contributed by atoms with E-state index in [-0.39, 0.29) is 83.5 Å². The molecule has 1 unspecified atom stereocenters. The van der Waals surface area contributed by atoms with Crippen molar-refractivity contribution < 1.29 is 28.8 Å². The van der Waals surface area contributed by atoms with Crippen LogP contribution in [0.3, 0.4) is 0 Å². The van der Waals surface area contributed by atoms with Crippen LogP contribution in [0.15, 0.2) is 206 Å². The van der Waals surface area contributed by atoms with Crippen molar-refractivity contribution in [2.75, 3.05) is 98.2 Å². The molecule has 0 bridgehead atoms. The summed E-state index contributed by atoms with van der Waals surface area (Å²) in [5.74, 6) is 0.232. The van der Waals surface area contributed by atoms with Crippen molar-refractivity contribution in [2.45, 2.75) is 139 Å². The summed E-state index contributed by atoms with van der Waals surface area (Å²) in [4.78, 5) is 90.0. The van der Waals surface area contributed by atoms with Gasteiger partial charge in [-0.15, -0.1) is 0 Å². The number of rotatable bonds is 28.